The molecule has 4 heteroatoms. The Balaban J connectivity index is 2.29. The van der Waals surface area contributed by atoms with Crippen molar-refractivity contribution >= 4 is 17.1 Å². The zero-order chi connectivity index (χ0) is 17.6. The first-order valence-electron chi connectivity index (χ1n) is 7.99. The van der Waals surface area contributed by atoms with E-state index < -0.39 is 0 Å². The highest BCUT2D eigenvalue weighted by Crippen LogP contribution is 2.46. The summed E-state index contributed by atoms with van der Waals surface area (Å²) in [5.41, 5.74) is 2.71. The molecule has 0 aliphatic rings. The van der Waals surface area contributed by atoms with E-state index in [1.54, 1.807) is 21.3 Å². The molecule has 0 fully saturated rings. The molecule has 0 N–H and O–H groups in total. The van der Waals surface area contributed by atoms with Gasteiger partial charge in [-0.05, 0) is 36.4 Å². The van der Waals surface area contributed by atoms with Crippen LogP contribution < -0.4 is 19.1 Å². The Labute approximate surface area is 148 Å². The Morgan fingerprint density at radius 2 is 0.760 bits per heavy atom. The maximum atomic E-state index is 5.59. The zero-order valence-corrected chi connectivity index (χ0v) is 14.6. The van der Waals surface area contributed by atoms with Crippen LogP contribution in [0.1, 0.15) is 0 Å². The topological polar surface area (TPSA) is 30.9 Å². The molecular formula is C21H21NO3. The average Bonchev–Trinajstić information content (AvgIpc) is 2.69. The van der Waals surface area contributed by atoms with Gasteiger partial charge >= 0.3 is 0 Å². The minimum atomic E-state index is 0.763. The predicted octanol–water partition coefficient (Wildman–Crippen LogP) is 5.18. The van der Waals surface area contributed by atoms with Gasteiger partial charge in [-0.2, -0.15) is 0 Å². The summed E-state index contributed by atoms with van der Waals surface area (Å²) < 4.78 is 16.8. The lowest BCUT2D eigenvalue weighted by Gasteiger charge is -2.29. The Bertz CT molecular complexity index is 735. The molecule has 0 heterocycles. The molecule has 0 amide bonds. The van der Waals surface area contributed by atoms with Gasteiger partial charge in [0.25, 0.3) is 0 Å². The van der Waals surface area contributed by atoms with Gasteiger partial charge in [-0.1, -0.05) is 36.4 Å². The van der Waals surface area contributed by atoms with E-state index in [2.05, 4.69) is 4.90 Å². The van der Waals surface area contributed by atoms with E-state index in [1.807, 2.05) is 72.8 Å². The second-order valence-corrected chi connectivity index (χ2v) is 5.35. The Hall–Kier alpha value is -3.14. The van der Waals surface area contributed by atoms with E-state index in [0.29, 0.717) is 0 Å². The van der Waals surface area contributed by atoms with Crippen molar-refractivity contribution in [1.29, 1.82) is 0 Å². The van der Waals surface area contributed by atoms with Gasteiger partial charge in [-0.15, -0.1) is 0 Å². The van der Waals surface area contributed by atoms with Crippen molar-refractivity contribution in [2.45, 2.75) is 0 Å². The van der Waals surface area contributed by atoms with Crippen LogP contribution in [0.2, 0.25) is 0 Å². The van der Waals surface area contributed by atoms with Crippen LogP contribution in [0.4, 0.5) is 17.1 Å². The first kappa shape index (κ1) is 16.7. The van der Waals surface area contributed by atoms with Crippen LogP contribution in [-0.2, 0) is 0 Å². The minimum Gasteiger partial charge on any atom is -0.495 e. The van der Waals surface area contributed by atoms with Crippen LogP contribution in [0.3, 0.4) is 0 Å². The molecule has 0 aliphatic carbocycles. The van der Waals surface area contributed by atoms with Gasteiger partial charge in [-0.3, -0.25) is 4.90 Å². The number of methoxy groups -OCH3 is 3. The third-order valence-electron chi connectivity index (χ3n) is 3.98. The van der Waals surface area contributed by atoms with Crippen molar-refractivity contribution in [2.75, 3.05) is 26.2 Å². The predicted molar refractivity (Wildman–Crippen MR) is 101 cm³/mol. The highest BCUT2D eigenvalue weighted by atomic mass is 16.5. The van der Waals surface area contributed by atoms with Gasteiger partial charge in [0.15, 0.2) is 0 Å². The van der Waals surface area contributed by atoms with Crippen molar-refractivity contribution < 1.29 is 14.2 Å². The quantitative estimate of drug-likeness (QED) is 0.621. The summed E-state index contributed by atoms with van der Waals surface area (Å²) in [6.07, 6.45) is 0. The molecule has 0 aliphatic heterocycles. The summed E-state index contributed by atoms with van der Waals surface area (Å²) in [6.45, 7) is 0. The van der Waals surface area contributed by atoms with Gasteiger partial charge in [0, 0.05) is 0 Å². The molecule has 0 unspecified atom stereocenters. The summed E-state index contributed by atoms with van der Waals surface area (Å²) >= 11 is 0. The molecule has 3 aromatic carbocycles. The second kappa shape index (κ2) is 7.62. The van der Waals surface area contributed by atoms with E-state index in [-0.39, 0.29) is 0 Å². The van der Waals surface area contributed by atoms with Gasteiger partial charge in [0.2, 0.25) is 0 Å². The summed E-state index contributed by atoms with van der Waals surface area (Å²) in [7, 11) is 5.00. The fraction of sp³-hybridized carbons (Fsp3) is 0.143. The van der Waals surface area contributed by atoms with Gasteiger partial charge in [-0.25, -0.2) is 0 Å². The molecule has 25 heavy (non-hydrogen) atoms. The normalized spacial score (nSPS) is 10.2. The van der Waals surface area contributed by atoms with Crippen LogP contribution >= 0.6 is 0 Å². The summed E-state index contributed by atoms with van der Waals surface area (Å²) in [4.78, 5) is 2.08. The molecule has 0 bridgehead atoms. The Morgan fingerprint density at radius 3 is 1.04 bits per heavy atom. The summed E-state index contributed by atoms with van der Waals surface area (Å²) in [5.74, 6) is 2.29. The van der Waals surface area contributed by atoms with Crippen LogP contribution in [0.5, 0.6) is 17.2 Å². The molecule has 3 aromatic rings. The highest BCUT2D eigenvalue weighted by molar-refractivity contribution is 5.85. The standard InChI is InChI=1S/C21H21NO3/c1-23-19-13-7-4-10-16(19)22(17-11-5-8-14-20(17)24-2)18-12-6-9-15-21(18)25-3/h4-15H,1-3H3. The number of hydrogen-bond acceptors (Lipinski definition) is 4. The van der Waals surface area contributed by atoms with Crippen LogP contribution in [0.15, 0.2) is 72.8 Å². The van der Waals surface area contributed by atoms with Crippen molar-refractivity contribution in [3.05, 3.63) is 72.8 Å². The maximum Gasteiger partial charge on any atom is 0.142 e. The number of hydrogen-bond donors (Lipinski definition) is 0. The van der Waals surface area contributed by atoms with Crippen LogP contribution in [0, 0.1) is 0 Å². The average molecular weight is 335 g/mol. The summed E-state index contributed by atoms with van der Waals surface area (Å²) in [5, 5.41) is 0. The van der Waals surface area contributed by atoms with E-state index in [4.69, 9.17) is 14.2 Å². The molecule has 128 valence electrons. The monoisotopic (exact) mass is 335 g/mol. The van der Waals surface area contributed by atoms with Crippen molar-refractivity contribution in [3.8, 4) is 17.2 Å². The van der Waals surface area contributed by atoms with Crippen molar-refractivity contribution in [1.82, 2.24) is 0 Å². The van der Waals surface area contributed by atoms with Gasteiger partial charge in [0.05, 0.1) is 38.4 Å². The highest BCUT2D eigenvalue weighted by Gasteiger charge is 2.22. The van der Waals surface area contributed by atoms with E-state index in [1.165, 1.54) is 0 Å². The number of para-hydroxylation sites is 6. The molecule has 0 saturated heterocycles. The van der Waals surface area contributed by atoms with Crippen LogP contribution in [0.25, 0.3) is 0 Å². The first-order valence-corrected chi connectivity index (χ1v) is 7.99. The number of nitrogens with zero attached hydrogens (tertiary/aromatic N) is 1. The molecule has 4 nitrogen and oxygen atoms in total. The Kier molecular flexibility index (Phi) is 5.09. The lowest BCUT2D eigenvalue weighted by atomic mass is 10.1. The number of anilines is 3. The SMILES string of the molecule is COc1ccccc1N(c1ccccc1OC)c1ccccc1OC. The zero-order valence-electron chi connectivity index (χ0n) is 14.6. The fourth-order valence-corrected chi connectivity index (χ4v) is 2.83. The molecule has 0 saturated carbocycles. The van der Waals surface area contributed by atoms with Gasteiger partial charge < -0.3 is 14.2 Å². The first-order chi connectivity index (χ1) is 12.3. The third kappa shape index (κ3) is 3.24. The molecule has 0 atom stereocenters. The van der Waals surface area contributed by atoms with E-state index >= 15 is 0 Å². The van der Waals surface area contributed by atoms with E-state index in [0.717, 1.165) is 34.3 Å². The molecule has 0 spiro atoms. The Morgan fingerprint density at radius 1 is 0.480 bits per heavy atom. The lowest BCUT2D eigenvalue weighted by Crippen LogP contribution is -2.13. The minimum absolute atomic E-state index is 0.763. The number of benzene rings is 3. The molecule has 3 rings (SSSR count). The summed E-state index contributed by atoms with van der Waals surface area (Å²) in [6, 6.07) is 23.6. The van der Waals surface area contributed by atoms with Gasteiger partial charge in [0.1, 0.15) is 17.2 Å². The molecule has 0 aromatic heterocycles. The molecular weight excluding hydrogens is 314 g/mol. The largest absolute Gasteiger partial charge is 0.495 e. The lowest BCUT2D eigenvalue weighted by molar-refractivity contribution is 0.409. The number of ether oxygens (including phenoxy) is 3. The van der Waals surface area contributed by atoms with Crippen LogP contribution in [-0.4, -0.2) is 21.3 Å². The molecule has 0 radical (unpaired) electrons. The van der Waals surface area contributed by atoms with E-state index in [9.17, 15) is 0 Å². The third-order valence-corrected chi connectivity index (χ3v) is 3.98. The smallest absolute Gasteiger partial charge is 0.142 e. The maximum absolute atomic E-state index is 5.59. The van der Waals surface area contributed by atoms with Crippen molar-refractivity contribution in [3.63, 3.8) is 0 Å². The fourth-order valence-electron chi connectivity index (χ4n) is 2.83. The second-order valence-electron chi connectivity index (χ2n) is 5.35. The number of rotatable bonds is 6. The van der Waals surface area contributed by atoms with Crippen molar-refractivity contribution in [2.24, 2.45) is 0 Å².